The van der Waals surface area contributed by atoms with Gasteiger partial charge in [-0.05, 0) is 66.3 Å². The van der Waals surface area contributed by atoms with Crippen molar-refractivity contribution in [2.24, 2.45) is 17.8 Å². The van der Waals surface area contributed by atoms with Crippen molar-refractivity contribution in [3.8, 4) is 17.3 Å². The van der Waals surface area contributed by atoms with Gasteiger partial charge < -0.3 is 10.1 Å². The number of methoxy groups -OCH3 is 1. The largest absolute Gasteiger partial charge is 0.469 e. The Morgan fingerprint density at radius 3 is 1.98 bits per heavy atom. The number of nitriles is 1. The predicted octanol–water partition coefficient (Wildman–Crippen LogP) is 8.55. The molecule has 3 saturated carbocycles. The van der Waals surface area contributed by atoms with Gasteiger partial charge in [-0.2, -0.15) is 10.4 Å². The highest BCUT2D eigenvalue weighted by molar-refractivity contribution is 5.97. The number of fused-ring (bicyclic) bond motifs is 4. The third kappa shape index (κ3) is 5.25. The summed E-state index contributed by atoms with van der Waals surface area (Å²) in [7, 11) is 1.38. The van der Waals surface area contributed by atoms with Crippen LogP contribution >= 0.6 is 0 Å². The molecule has 6 aromatic rings. The van der Waals surface area contributed by atoms with Crippen molar-refractivity contribution >= 4 is 22.7 Å². The Labute approximate surface area is 294 Å². The molecule has 2 N–H and O–H groups in total. The van der Waals surface area contributed by atoms with Crippen molar-refractivity contribution in [3.63, 3.8) is 0 Å². The zero-order chi connectivity index (χ0) is 35.1. The number of ether oxygens (including phenoxy) is 1. The Bertz CT molecular complexity index is 2170. The minimum Gasteiger partial charge on any atom is -0.469 e. The van der Waals surface area contributed by atoms with Gasteiger partial charge in [-0.3, -0.25) is 9.89 Å². The zero-order valence-electron chi connectivity index (χ0n) is 27.9. The van der Waals surface area contributed by atoms with Crippen LogP contribution in [0.1, 0.15) is 53.5 Å². The lowest BCUT2D eigenvalue weighted by Crippen LogP contribution is -2.51. The summed E-state index contributed by atoms with van der Waals surface area (Å²) in [5, 5.41) is 21.7. The molecule has 0 amide bonds. The number of aromatic amines is 1. The van der Waals surface area contributed by atoms with E-state index in [1.807, 2.05) is 91.0 Å². The molecule has 2 heterocycles. The Balaban J connectivity index is 1.39. The fourth-order valence-electron chi connectivity index (χ4n) is 8.81. The van der Waals surface area contributed by atoms with Crippen LogP contribution in [0.5, 0.6) is 0 Å². The molecule has 7 nitrogen and oxygen atoms in total. The van der Waals surface area contributed by atoms with Crippen LogP contribution in [-0.2, 0) is 14.9 Å². The molecule has 3 fully saturated rings. The molecule has 51 heavy (non-hydrogen) atoms. The van der Waals surface area contributed by atoms with Crippen LogP contribution in [0.2, 0.25) is 0 Å². The standard InChI is InChI=1S/C42H35F2N5O2/c1-51-41(50)35-25-17-19-26(20-18-25)38(35)47-34-22-31(27(23-45)21-32(34)43)39-36-37(33(44)24-46-40(36)49-48-39)42(28-11-5-2-6-12-28,29-13-7-3-8-14-29)30-15-9-4-10-16-30/h2-16,21-22,24-26,35,38,47H,17-20H2,1H3,(H,46,48,49)/t25?,26?,35-,38-/m0/s1. The maximum Gasteiger partial charge on any atom is 0.311 e. The average Bonchev–Trinajstić information content (AvgIpc) is 3.61. The van der Waals surface area contributed by atoms with Gasteiger partial charge in [0.05, 0.1) is 47.3 Å². The van der Waals surface area contributed by atoms with Gasteiger partial charge in [0, 0.05) is 17.2 Å². The third-order valence-electron chi connectivity index (χ3n) is 11.0. The number of pyridine rings is 1. The maximum atomic E-state index is 17.0. The summed E-state index contributed by atoms with van der Waals surface area (Å²) in [5.41, 5.74) is 2.56. The molecule has 3 aliphatic rings. The molecule has 3 aliphatic carbocycles. The minimum atomic E-state index is -1.20. The van der Waals surface area contributed by atoms with E-state index in [1.165, 1.54) is 19.4 Å². The summed E-state index contributed by atoms with van der Waals surface area (Å²) in [6, 6.07) is 33.7. The van der Waals surface area contributed by atoms with Crippen molar-refractivity contribution in [1.29, 1.82) is 5.26 Å². The fraction of sp³-hybridized carbons (Fsp3) is 0.238. The number of hydrogen-bond donors (Lipinski definition) is 2. The van der Waals surface area contributed by atoms with Crippen LogP contribution in [0.15, 0.2) is 109 Å². The van der Waals surface area contributed by atoms with Crippen LogP contribution in [0.3, 0.4) is 0 Å². The molecule has 254 valence electrons. The summed E-state index contributed by atoms with van der Waals surface area (Å²) in [4.78, 5) is 17.4. The van der Waals surface area contributed by atoms with E-state index in [1.54, 1.807) is 6.07 Å². The zero-order valence-corrected chi connectivity index (χ0v) is 27.9. The first-order valence-electron chi connectivity index (χ1n) is 17.2. The lowest BCUT2D eigenvalue weighted by Gasteiger charge is -2.47. The van der Waals surface area contributed by atoms with Crippen LogP contribution in [0.25, 0.3) is 22.3 Å². The number of aromatic nitrogens is 3. The van der Waals surface area contributed by atoms with Crippen LogP contribution in [0.4, 0.5) is 14.5 Å². The van der Waals surface area contributed by atoms with Gasteiger partial charge in [-0.15, -0.1) is 0 Å². The molecule has 2 aromatic heterocycles. The molecule has 9 rings (SSSR count). The quantitative estimate of drug-likeness (QED) is 0.123. The van der Waals surface area contributed by atoms with Crippen molar-refractivity contribution in [2.45, 2.75) is 37.1 Å². The van der Waals surface area contributed by atoms with Crippen molar-refractivity contribution in [3.05, 3.63) is 149 Å². The smallest absolute Gasteiger partial charge is 0.311 e. The highest BCUT2D eigenvalue weighted by Gasteiger charge is 2.48. The highest BCUT2D eigenvalue weighted by atomic mass is 19.1. The van der Waals surface area contributed by atoms with Crippen molar-refractivity contribution < 1.29 is 18.3 Å². The number of carbonyl (C=O) groups is 1. The van der Waals surface area contributed by atoms with Gasteiger partial charge in [0.25, 0.3) is 0 Å². The topological polar surface area (TPSA) is 104 Å². The predicted molar refractivity (Wildman–Crippen MR) is 191 cm³/mol. The number of rotatable bonds is 8. The fourth-order valence-corrected chi connectivity index (χ4v) is 8.81. The lowest BCUT2D eigenvalue weighted by atomic mass is 9.61. The molecule has 2 atom stereocenters. The molecular weight excluding hydrogens is 644 g/mol. The molecule has 0 aliphatic heterocycles. The Morgan fingerprint density at radius 1 is 0.863 bits per heavy atom. The molecule has 4 aromatic carbocycles. The molecular formula is C42H35F2N5O2. The van der Waals surface area contributed by atoms with E-state index >= 15 is 8.78 Å². The molecule has 0 unspecified atom stereocenters. The molecule has 0 radical (unpaired) electrons. The van der Waals surface area contributed by atoms with Gasteiger partial charge in [0.2, 0.25) is 0 Å². The van der Waals surface area contributed by atoms with E-state index in [2.05, 4.69) is 26.6 Å². The molecule has 0 spiro atoms. The third-order valence-corrected chi connectivity index (χ3v) is 11.0. The monoisotopic (exact) mass is 679 g/mol. The second kappa shape index (κ2) is 13.1. The number of H-pyrrole nitrogens is 1. The van der Waals surface area contributed by atoms with Gasteiger partial charge in [-0.25, -0.2) is 13.8 Å². The minimum absolute atomic E-state index is 0.0288. The summed E-state index contributed by atoms with van der Waals surface area (Å²) in [5.74, 6) is -1.61. The van der Waals surface area contributed by atoms with E-state index in [0.29, 0.717) is 16.6 Å². The van der Waals surface area contributed by atoms with Gasteiger partial charge in [0.1, 0.15) is 17.3 Å². The lowest BCUT2D eigenvalue weighted by molar-refractivity contribution is -0.152. The van der Waals surface area contributed by atoms with Crippen molar-refractivity contribution in [1.82, 2.24) is 15.2 Å². The van der Waals surface area contributed by atoms with Gasteiger partial charge >= 0.3 is 5.97 Å². The van der Waals surface area contributed by atoms with E-state index in [0.717, 1.165) is 42.4 Å². The Hall–Kier alpha value is -5.88. The number of nitrogens with one attached hydrogen (secondary N) is 2. The number of carbonyl (C=O) groups excluding carboxylic acids is 1. The first-order chi connectivity index (χ1) is 24.9. The van der Waals surface area contributed by atoms with Crippen LogP contribution < -0.4 is 5.32 Å². The number of anilines is 1. The van der Waals surface area contributed by atoms with E-state index in [-0.39, 0.29) is 46.4 Å². The second-order valence-electron chi connectivity index (χ2n) is 13.5. The van der Waals surface area contributed by atoms with Crippen LogP contribution in [0, 0.1) is 40.7 Å². The van der Waals surface area contributed by atoms with Crippen LogP contribution in [-0.4, -0.2) is 34.3 Å². The summed E-state index contributed by atoms with van der Waals surface area (Å²) in [6.07, 6.45) is 4.91. The summed E-state index contributed by atoms with van der Waals surface area (Å²) >= 11 is 0. The normalized spacial score (nSPS) is 19.8. The van der Waals surface area contributed by atoms with Crippen molar-refractivity contribution in [2.75, 3.05) is 12.4 Å². The van der Waals surface area contributed by atoms with E-state index < -0.39 is 23.0 Å². The molecule has 9 heteroatoms. The number of hydrogen-bond acceptors (Lipinski definition) is 6. The van der Waals surface area contributed by atoms with E-state index in [4.69, 9.17) is 4.74 Å². The average molecular weight is 680 g/mol. The van der Waals surface area contributed by atoms with Gasteiger partial charge in [-0.1, -0.05) is 91.0 Å². The maximum absolute atomic E-state index is 17.0. The Kier molecular flexibility index (Phi) is 8.31. The number of nitrogens with zero attached hydrogens (tertiary/aromatic N) is 3. The number of esters is 1. The number of halogens is 2. The molecule has 2 bridgehead atoms. The van der Waals surface area contributed by atoms with E-state index in [9.17, 15) is 10.1 Å². The highest BCUT2D eigenvalue weighted by Crippen LogP contribution is 2.51. The molecule has 0 saturated heterocycles. The number of benzene rings is 4. The SMILES string of the molecule is COC(=O)[C@H]1C2CCC(CC2)[C@@H]1Nc1cc(-c2n[nH]c3ncc(F)c(C(c4ccccc4)(c4ccccc4)c4ccccc4)c23)c(C#N)cc1F. The summed E-state index contributed by atoms with van der Waals surface area (Å²) in [6.45, 7) is 0. The second-order valence-corrected chi connectivity index (χ2v) is 13.5. The Morgan fingerprint density at radius 2 is 1.43 bits per heavy atom. The first-order valence-corrected chi connectivity index (χ1v) is 17.2. The first kappa shape index (κ1) is 32.3. The van der Waals surface area contributed by atoms with Gasteiger partial charge in [0.15, 0.2) is 5.65 Å². The summed E-state index contributed by atoms with van der Waals surface area (Å²) < 4.78 is 38.2.